The minimum absolute atomic E-state index is 0.0412. The monoisotopic (exact) mass is 244 g/mol. The molecular formula is C12H12N4O2. The zero-order chi connectivity index (χ0) is 13.0. The molecule has 6 nitrogen and oxygen atoms in total. The fourth-order valence-electron chi connectivity index (χ4n) is 1.43. The van der Waals surface area contributed by atoms with Gasteiger partial charge in [0.2, 0.25) is 0 Å². The molecule has 0 spiro atoms. The van der Waals surface area contributed by atoms with Crippen LogP contribution in [0.2, 0.25) is 0 Å². The first-order valence-corrected chi connectivity index (χ1v) is 5.36. The molecule has 2 aromatic rings. The van der Waals surface area contributed by atoms with Gasteiger partial charge in [0.1, 0.15) is 11.6 Å². The third-order valence-electron chi connectivity index (χ3n) is 2.25. The third-order valence-corrected chi connectivity index (χ3v) is 2.25. The molecule has 0 saturated carbocycles. The van der Waals surface area contributed by atoms with Crippen molar-refractivity contribution in [2.45, 2.75) is 13.5 Å². The van der Waals surface area contributed by atoms with Gasteiger partial charge < -0.3 is 10.4 Å². The van der Waals surface area contributed by atoms with Crippen molar-refractivity contribution in [3.05, 3.63) is 47.8 Å². The summed E-state index contributed by atoms with van der Waals surface area (Å²) in [4.78, 5) is 23.6. The molecule has 2 rings (SSSR count). The zero-order valence-corrected chi connectivity index (χ0v) is 9.79. The van der Waals surface area contributed by atoms with Crippen molar-refractivity contribution in [1.29, 1.82) is 0 Å². The average molecular weight is 244 g/mol. The number of nitrogens with zero attached hydrogens (tertiary/aromatic N) is 3. The van der Waals surface area contributed by atoms with E-state index in [1.54, 1.807) is 19.2 Å². The van der Waals surface area contributed by atoms with Gasteiger partial charge in [0.15, 0.2) is 0 Å². The van der Waals surface area contributed by atoms with Crippen LogP contribution in [0.4, 0.5) is 0 Å². The Kier molecular flexibility index (Phi) is 3.47. The van der Waals surface area contributed by atoms with Crippen LogP contribution >= 0.6 is 0 Å². The summed E-state index contributed by atoms with van der Waals surface area (Å²) in [5.74, 6) is 0.302. The quantitative estimate of drug-likeness (QED) is 0.834. The maximum Gasteiger partial charge on any atom is 0.253 e. The van der Waals surface area contributed by atoms with Crippen LogP contribution in [0.25, 0.3) is 0 Å². The first-order chi connectivity index (χ1) is 8.65. The van der Waals surface area contributed by atoms with Crippen molar-refractivity contribution < 1.29 is 9.90 Å². The molecule has 6 heteroatoms. The Bertz CT molecular complexity index is 572. The maximum atomic E-state index is 11.7. The van der Waals surface area contributed by atoms with E-state index in [0.717, 1.165) is 5.69 Å². The summed E-state index contributed by atoms with van der Waals surface area (Å²) in [6.07, 6.45) is 4.30. The van der Waals surface area contributed by atoms with E-state index >= 15 is 0 Å². The molecule has 18 heavy (non-hydrogen) atoms. The number of pyridine rings is 1. The SMILES string of the molecule is Cc1nccc(CNC(=O)c2cncc(O)c2)n1. The van der Waals surface area contributed by atoms with E-state index in [1.807, 2.05) is 0 Å². The van der Waals surface area contributed by atoms with E-state index in [4.69, 9.17) is 0 Å². The number of carbonyl (C=O) groups is 1. The zero-order valence-electron chi connectivity index (χ0n) is 9.79. The van der Waals surface area contributed by atoms with Gasteiger partial charge in [-0.1, -0.05) is 0 Å². The van der Waals surface area contributed by atoms with E-state index in [0.29, 0.717) is 17.9 Å². The van der Waals surface area contributed by atoms with Gasteiger partial charge in [0.25, 0.3) is 5.91 Å². The van der Waals surface area contributed by atoms with Crippen LogP contribution < -0.4 is 5.32 Å². The first-order valence-electron chi connectivity index (χ1n) is 5.36. The molecule has 0 unspecified atom stereocenters. The maximum absolute atomic E-state index is 11.7. The Morgan fingerprint density at radius 1 is 1.44 bits per heavy atom. The van der Waals surface area contributed by atoms with Crippen LogP contribution in [0.3, 0.4) is 0 Å². The molecule has 0 aliphatic rings. The smallest absolute Gasteiger partial charge is 0.253 e. The van der Waals surface area contributed by atoms with Gasteiger partial charge in [-0.3, -0.25) is 9.78 Å². The number of rotatable bonds is 3. The molecule has 0 radical (unpaired) electrons. The van der Waals surface area contributed by atoms with Gasteiger partial charge in [0.05, 0.1) is 24.0 Å². The number of hydrogen-bond donors (Lipinski definition) is 2. The van der Waals surface area contributed by atoms with E-state index in [1.165, 1.54) is 18.5 Å². The summed E-state index contributed by atoms with van der Waals surface area (Å²) >= 11 is 0. The molecule has 0 atom stereocenters. The second kappa shape index (κ2) is 5.22. The molecule has 92 valence electrons. The summed E-state index contributed by atoms with van der Waals surface area (Å²) < 4.78 is 0. The van der Waals surface area contributed by atoms with Crippen LogP contribution in [0.5, 0.6) is 5.75 Å². The fourth-order valence-corrected chi connectivity index (χ4v) is 1.43. The lowest BCUT2D eigenvalue weighted by molar-refractivity contribution is 0.0949. The molecule has 0 saturated heterocycles. The summed E-state index contributed by atoms with van der Waals surface area (Å²) in [7, 11) is 0. The van der Waals surface area contributed by atoms with Crippen LogP contribution in [-0.2, 0) is 6.54 Å². The summed E-state index contributed by atoms with van der Waals surface area (Å²) in [6.45, 7) is 2.09. The lowest BCUT2D eigenvalue weighted by atomic mass is 10.2. The average Bonchev–Trinajstić information content (AvgIpc) is 2.36. The number of aryl methyl sites for hydroxylation is 1. The highest BCUT2D eigenvalue weighted by Gasteiger charge is 2.06. The van der Waals surface area contributed by atoms with Crippen molar-refractivity contribution in [3.8, 4) is 5.75 Å². The Balaban J connectivity index is 2.00. The third kappa shape index (κ3) is 3.00. The van der Waals surface area contributed by atoms with Crippen molar-refractivity contribution in [2.75, 3.05) is 0 Å². The highest BCUT2D eigenvalue weighted by atomic mass is 16.3. The molecule has 0 aromatic carbocycles. The van der Waals surface area contributed by atoms with Crippen LogP contribution in [0.1, 0.15) is 21.9 Å². The molecule has 0 aliphatic heterocycles. The first kappa shape index (κ1) is 12.0. The standard InChI is InChI=1S/C12H12N4O2/c1-8-14-3-2-10(16-8)6-15-12(18)9-4-11(17)7-13-5-9/h2-5,7,17H,6H2,1H3,(H,15,18). The largest absolute Gasteiger partial charge is 0.506 e. The second-order valence-corrected chi connectivity index (χ2v) is 3.71. The molecule has 0 fully saturated rings. The number of hydrogen-bond acceptors (Lipinski definition) is 5. The molecule has 2 heterocycles. The topological polar surface area (TPSA) is 88.0 Å². The van der Waals surface area contributed by atoms with E-state index in [9.17, 15) is 9.90 Å². The summed E-state index contributed by atoms with van der Waals surface area (Å²) in [5, 5.41) is 11.9. The van der Waals surface area contributed by atoms with Gasteiger partial charge in [-0.2, -0.15) is 0 Å². The lowest BCUT2D eigenvalue weighted by Gasteiger charge is -2.05. The minimum atomic E-state index is -0.310. The second-order valence-electron chi connectivity index (χ2n) is 3.71. The molecule has 0 aliphatic carbocycles. The number of aromatic nitrogens is 3. The number of amides is 1. The van der Waals surface area contributed by atoms with E-state index < -0.39 is 0 Å². The molecule has 0 bridgehead atoms. The van der Waals surface area contributed by atoms with Gasteiger partial charge in [-0.05, 0) is 19.1 Å². The van der Waals surface area contributed by atoms with Crippen molar-refractivity contribution in [3.63, 3.8) is 0 Å². The number of nitrogens with one attached hydrogen (secondary N) is 1. The van der Waals surface area contributed by atoms with Gasteiger partial charge in [-0.15, -0.1) is 0 Å². The summed E-state index contributed by atoms with van der Waals surface area (Å²) in [5.41, 5.74) is 1.03. The molecule has 2 N–H and O–H groups in total. The van der Waals surface area contributed by atoms with Crippen molar-refractivity contribution >= 4 is 5.91 Å². The van der Waals surface area contributed by atoms with E-state index in [2.05, 4.69) is 20.3 Å². The van der Waals surface area contributed by atoms with Crippen molar-refractivity contribution in [2.24, 2.45) is 0 Å². The van der Waals surface area contributed by atoms with Gasteiger partial charge in [0, 0.05) is 12.4 Å². The van der Waals surface area contributed by atoms with Crippen molar-refractivity contribution in [1.82, 2.24) is 20.3 Å². The van der Waals surface area contributed by atoms with Crippen LogP contribution in [0, 0.1) is 6.92 Å². The number of carbonyl (C=O) groups excluding carboxylic acids is 1. The van der Waals surface area contributed by atoms with E-state index in [-0.39, 0.29) is 11.7 Å². The Labute approximate surface area is 104 Å². The normalized spacial score (nSPS) is 10.1. The Morgan fingerprint density at radius 2 is 2.28 bits per heavy atom. The molecule has 2 aromatic heterocycles. The minimum Gasteiger partial charge on any atom is -0.506 e. The summed E-state index contributed by atoms with van der Waals surface area (Å²) in [6, 6.07) is 3.08. The number of aromatic hydroxyl groups is 1. The predicted molar refractivity (Wildman–Crippen MR) is 63.8 cm³/mol. The van der Waals surface area contributed by atoms with Crippen LogP contribution in [0.15, 0.2) is 30.7 Å². The Morgan fingerprint density at radius 3 is 3.00 bits per heavy atom. The molecular weight excluding hydrogens is 232 g/mol. The highest BCUT2D eigenvalue weighted by Crippen LogP contribution is 2.08. The highest BCUT2D eigenvalue weighted by molar-refractivity contribution is 5.94. The fraction of sp³-hybridized carbons (Fsp3) is 0.167. The van der Waals surface area contributed by atoms with Crippen LogP contribution in [-0.4, -0.2) is 26.0 Å². The van der Waals surface area contributed by atoms with Gasteiger partial charge in [-0.25, -0.2) is 9.97 Å². The lowest BCUT2D eigenvalue weighted by Crippen LogP contribution is -2.23. The molecule has 1 amide bonds. The van der Waals surface area contributed by atoms with Gasteiger partial charge >= 0.3 is 0 Å². The Hall–Kier alpha value is -2.50. The predicted octanol–water partition coefficient (Wildman–Crippen LogP) is 0.816.